The molecule has 1 aliphatic rings. The Balaban J connectivity index is 1.38. The van der Waals surface area contributed by atoms with Crippen molar-refractivity contribution in [2.24, 2.45) is 0 Å². The molecule has 4 rings (SSSR count). The Hall–Kier alpha value is -3.05. The Kier molecular flexibility index (Phi) is 5.17. The molecule has 5 heteroatoms. The molecule has 28 heavy (non-hydrogen) atoms. The van der Waals surface area contributed by atoms with Crippen molar-refractivity contribution >= 4 is 17.3 Å². The van der Waals surface area contributed by atoms with E-state index in [1.54, 1.807) is 12.5 Å². The maximum atomic E-state index is 12.5. The highest BCUT2D eigenvalue weighted by atomic mass is 16.3. The lowest BCUT2D eigenvalue weighted by Gasteiger charge is -2.22. The number of hydrogen-bond donors (Lipinski definition) is 1. The van der Waals surface area contributed by atoms with Crippen LogP contribution >= 0.6 is 0 Å². The minimum atomic E-state index is -0.111. The van der Waals surface area contributed by atoms with Gasteiger partial charge in [-0.3, -0.25) is 4.79 Å². The van der Waals surface area contributed by atoms with Crippen molar-refractivity contribution in [1.82, 2.24) is 4.90 Å². The van der Waals surface area contributed by atoms with Gasteiger partial charge in [0.25, 0.3) is 5.91 Å². The molecule has 2 heterocycles. The molecule has 1 N–H and O–H groups in total. The van der Waals surface area contributed by atoms with Gasteiger partial charge in [-0.2, -0.15) is 0 Å². The SMILES string of the molecule is CN(C)C1CCN(c2ccc(NC(=O)c3ccc(-c4ccoc4)cc3)cc2)C1. The molecule has 3 aromatic rings. The average molecular weight is 375 g/mol. The average Bonchev–Trinajstić information content (AvgIpc) is 3.41. The fraction of sp³-hybridized carbons (Fsp3) is 0.261. The molecule has 0 aliphatic carbocycles. The van der Waals surface area contributed by atoms with Gasteiger partial charge in [0.2, 0.25) is 0 Å². The molecule has 1 atom stereocenters. The second-order valence-electron chi connectivity index (χ2n) is 7.44. The summed E-state index contributed by atoms with van der Waals surface area (Å²) in [5.41, 5.74) is 4.66. The molecule has 1 saturated heterocycles. The van der Waals surface area contributed by atoms with Gasteiger partial charge in [0, 0.05) is 41.6 Å². The summed E-state index contributed by atoms with van der Waals surface area (Å²) in [7, 11) is 4.27. The van der Waals surface area contributed by atoms with E-state index in [9.17, 15) is 4.79 Å². The van der Waals surface area contributed by atoms with Gasteiger partial charge in [-0.1, -0.05) is 12.1 Å². The molecule has 5 nitrogen and oxygen atoms in total. The first-order valence-electron chi connectivity index (χ1n) is 9.55. The highest BCUT2D eigenvalue weighted by Gasteiger charge is 2.23. The number of amides is 1. The van der Waals surface area contributed by atoms with Crippen molar-refractivity contribution < 1.29 is 9.21 Å². The van der Waals surface area contributed by atoms with Crippen LogP contribution in [0.15, 0.2) is 71.5 Å². The summed E-state index contributed by atoms with van der Waals surface area (Å²) in [5.74, 6) is -0.111. The second kappa shape index (κ2) is 7.90. The van der Waals surface area contributed by atoms with Crippen molar-refractivity contribution in [3.63, 3.8) is 0 Å². The van der Waals surface area contributed by atoms with Crippen molar-refractivity contribution in [2.45, 2.75) is 12.5 Å². The number of furan rings is 1. The Labute approximate surface area is 165 Å². The van der Waals surface area contributed by atoms with Crippen LogP contribution in [0.2, 0.25) is 0 Å². The van der Waals surface area contributed by atoms with Crippen molar-refractivity contribution in [2.75, 3.05) is 37.4 Å². The maximum Gasteiger partial charge on any atom is 0.255 e. The normalized spacial score (nSPS) is 16.5. The number of nitrogens with zero attached hydrogens (tertiary/aromatic N) is 2. The molecule has 0 bridgehead atoms. The minimum Gasteiger partial charge on any atom is -0.472 e. The van der Waals surface area contributed by atoms with Crippen molar-refractivity contribution in [3.8, 4) is 11.1 Å². The van der Waals surface area contributed by atoms with Gasteiger partial charge in [0.15, 0.2) is 0 Å². The summed E-state index contributed by atoms with van der Waals surface area (Å²) in [4.78, 5) is 17.2. The smallest absolute Gasteiger partial charge is 0.255 e. The molecule has 1 aliphatic heterocycles. The van der Waals surface area contributed by atoms with E-state index in [1.807, 2.05) is 42.5 Å². The van der Waals surface area contributed by atoms with Gasteiger partial charge < -0.3 is 19.5 Å². The molecule has 1 amide bonds. The fourth-order valence-corrected chi connectivity index (χ4v) is 3.60. The third-order valence-electron chi connectivity index (χ3n) is 5.39. The number of rotatable bonds is 5. The van der Waals surface area contributed by atoms with Crippen LogP contribution in [-0.2, 0) is 0 Å². The topological polar surface area (TPSA) is 48.7 Å². The van der Waals surface area contributed by atoms with E-state index in [-0.39, 0.29) is 5.91 Å². The molecule has 0 radical (unpaired) electrons. The Morgan fingerprint density at radius 3 is 2.39 bits per heavy atom. The number of anilines is 2. The third-order valence-corrected chi connectivity index (χ3v) is 5.39. The Morgan fingerprint density at radius 2 is 1.79 bits per heavy atom. The van der Waals surface area contributed by atoms with Gasteiger partial charge >= 0.3 is 0 Å². The predicted octanol–water partition coefficient (Wildman–Crippen LogP) is 4.34. The van der Waals surface area contributed by atoms with E-state index in [0.717, 1.165) is 29.9 Å². The third kappa shape index (κ3) is 3.94. The molecule has 144 valence electrons. The molecule has 0 saturated carbocycles. The summed E-state index contributed by atoms with van der Waals surface area (Å²) in [6.45, 7) is 2.11. The minimum absolute atomic E-state index is 0.111. The monoisotopic (exact) mass is 375 g/mol. The molecule has 1 fully saturated rings. The second-order valence-corrected chi connectivity index (χ2v) is 7.44. The molecule has 1 aromatic heterocycles. The van der Waals surface area contributed by atoms with Crippen LogP contribution in [0.1, 0.15) is 16.8 Å². The summed E-state index contributed by atoms with van der Waals surface area (Å²) >= 11 is 0. The van der Waals surface area contributed by atoms with Crippen LogP contribution in [0.5, 0.6) is 0 Å². The van der Waals surface area contributed by atoms with Crippen LogP contribution in [0.3, 0.4) is 0 Å². The van der Waals surface area contributed by atoms with Gasteiger partial charge in [-0.15, -0.1) is 0 Å². The van der Waals surface area contributed by atoms with E-state index >= 15 is 0 Å². The molecular formula is C23H25N3O2. The standard InChI is InChI=1S/C23H25N3O2/c1-25(2)22-11-13-26(15-22)21-9-7-20(8-10-21)24-23(27)18-5-3-17(4-6-18)19-12-14-28-16-19/h3-10,12,14,16,22H,11,13,15H2,1-2H3,(H,24,27). The number of hydrogen-bond acceptors (Lipinski definition) is 4. The fourth-order valence-electron chi connectivity index (χ4n) is 3.60. The van der Waals surface area contributed by atoms with Gasteiger partial charge in [0.05, 0.1) is 12.5 Å². The zero-order valence-corrected chi connectivity index (χ0v) is 16.3. The predicted molar refractivity (Wildman–Crippen MR) is 113 cm³/mol. The highest BCUT2D eigenvalue weighted by molar-refractivity contribution is 6.04. The first-order valence-corrected chi connectivity index (χ1v) is 9.55. The Bertz CT molecular complexity index is 915. The summed E-state index contributed by atoms with van der Waals surface area (Å²) < 4.78 is 5.10. The Morgan fingerprint density at radius 1 is 1.04 bits per heavy atom. The number of nitrogens with one attached hydrogen (secondary N) is 1. The lowest BCUT2D eigenvalue weighted by Crippen LogP contribution is -2.31. The van der Waals surface area contributed by atoms with Crippen LogP contribution in [0.4, 0.5) is 11.4 Å². The van der Waals surface area contributed by atoms with Gasteiger partial charge in [-0.05, 0) is 68.5 Å². The quantitative estimate of drug-likeness (QED) is 0.721. The van der Waals surface area contributed by atoms with E-state index in [4.69, 9.17) is 4.42 Å². The van der Waals surface area contributed by atoms with Crippen LogP contribution in [-0.4, -0.2) is 44.0 Å². The summed E-state index contributed by atoms with van der Waals surface area (Å²) in [5, 5.41) is 2.97. The molecular weight excluding hydrogens is 350 g/mol. The van der Waals surface area contributed by atoms with E-state index in [0.29, 0.717) is 11.6 Å². The molecule has 1 unspecified atom stereocenters. The molecule has 0 spiro atoms. The summed E-state index contributed by atoms with van der Waals surface area (Å²) in [6.07, 6.45) is 4.51. The number of carbonyl (C=O) groups excluding carboxylic acids is 1. The first-order chi connectivity index (χ1) is 13.6. The van der Waals surface area contributed by atoms with Crippen molar-refractivity contribution in [3.05, 3.63) is 72.7 Å². The van der Waals surface area contributed by atoms with Crippen molar-refractivity contribution in [1.29, 1.82) is 0 Å². The number of benzene rings is 2. The summed E-state index contributed by atoms with van der Waals surface area (Å²) in [6, 6.07) is 18.1. The van der Waals surface area contributed by atoms with Gasteiger partial charge in [-0.25, -0.2) is 0 Å². The highest BCUT2D eigenvalue weighted by Crippen LogP contribution is 2.24. The largest absolute Gasteiger partial charge is 0.472 e. The maximum absolute atomic E-state index is 12.5. The van der Waals surface area contributed by atoms with Crippen LogP contribution in [0, 0.1) is 0 Å². The lowest BCUT2D eigenvalue weighted by atomic mass is 10.1. The van der Waals surface area contributed by atoms with E-state index in [2.05, 4.69) is 41.3 Å². The number of carbonyl (C=O) groups is 1. The number of likely N-dealkylation sites (N-methyl/N-ethyl adjacent to an activating group) is 1. The zero-order chi connectivity index (χ0) is 19.5. The van der Waals surface area contributed by atoms with E-state index < -0.39 is 0 Å². The van der Waals surface area contributed by atoms with Gasteiger partial charge in [0.1, 0.15) is 0 Å². The van der Waals surface area contributed by atoms with Crippen LogP contribution < -0.4 is 10.2 Å². The van der Waals surface area contributed by atoms with Crippen LogP contribution in [0.25, 0.3) is 11.1 Å². The lowest BCUT2D eigenvalue weighted by molar-refractivity contribution is 0.102. The van der Waals surface area contributed by atoms with E-state index in [1.165, 1.54) is 12.1 Å². The first kappa shape index (κ1) is 18.3. The molecule has 2 aromatic carbocycles. The zero-order valence-electron chi connectivity index (χ0n) is 16.3.